The predicted octanol–water partition coefficient (Wildman–Crippen LogP) is 4.17. The lowest BCUT2D eigenvalue weighted by molar-refractivity contribution is 1.12. The summed E-state index contributed by atoms with van der Waals surface area (Å²) in [4.78, 5) is 0. The van der Waals surface area contributed by atoms with Gasteiger partial charge in [0.15, 0.2) is 0 Å². The summed E-state index contributed by atoms with van der Waals surface area (Å²) in [6, 6.07) is 0. The Balaban J connectivity index is 2.85. The van der Waals surface area contributed by atoms with Crippen LogP contribution in [0, 0.1) is 0 Å². The van der Waals surface area contributed by atoms with Gasteiger partial charge in [0.1, 0.15) is 0 Å². The fraction of sp³-hybridized carbons (Fsp3) is 1.00. The SMILES string of the molecule is SCCSCCSCCCSCCSCCS. The molecule has 0 fully saturated rings. The first-order valence-electron chi connectivity index (χ1n) is 5.94. The molecule has 0 aliphatic rings. The number of hydrogen-bond donors (Lipinski definition) is 2. The van der Waals surface area contributed by atoms with Gasteiger partial charge in [0.05, 0.1) is 0 Å². The van der Waals surface area contributed by atoms with Gasteiger partial charge in [-0.1, -0.05) is 0 Å². The van der Waals surface area contributed by atoms with Crippen molar-refractivity contribution >= 4 is 72.3 Å². The fourth-order valence-electron chi connectivity index (χ4n) is 1.04. The van der Waals surface area contributed by atoms with E-state index in [0.717, 1.165) is 11.5 Å². The third kappa shape index (κ3) is 18.1. The Labute approximate surface area is 135 Å². The minimum absolute atomic E-state index is 1.01. The highest BCUT2D eigenvalue weighted by Crippen LogP contribution is 2.12. The van der Waals surface area contributed by atoms with E-state index >= 15 is 0 Å². The van der Waals surface area contributed by atoms with Crippen molar-refractivity contribution in [2.45, 2.75) is 6.42 Å². The van der Waals surface area contributed by atoms with Crippen LogP contribution >= 0.6 is 72.3 Å². The van der Waals surface area contributed by atoms with Gasteiger partial charge in [0.2, 0.25) is 0 Å². The van der Waals surface area contributed by atoms with Crippen LogP contribution in [-0.4, -0.2) is 57.5 Å². The first-order valence-corrected chi connectivity index (χ1v) is 11.8. The molecule has 0 aromatic heterocycles. The summed E-state index contributed by atoms with van der Waals surface area (Å²) >= 11 is 16.6. The summed E-state index contributed by atoms with van der Waals surface area (Å²) in [6.07, 6.45) is 1.36. The second kappa shape index (κ2) is 18.1. The Hall–Kier alpha value is 2.10. The molecule has 0 amide bonds. The van der Waals surface area contributed by atoms with Gasteiger partial charge in [-0.25, -0.2) is 0 Å². The molecule has 0 aliphatic heterocycles. The zero-order valence-electron chi connectivity index (χ0n) is 10.3. The van der Waals surface area contributed by atoms with Crippen LogP contribution in [-0.2, 0) is 0 Å². The Morgan fingerprint density at radius 1 is 0.471 bits per heavy atom. The van der Waals surface area contributed by atoms with Crippen LogP contribution < -0.4 is 0 Å². The summed E-state index contributed by atoms with van der Waals surface area (Å²) < 4.78 is 0. The average Bonchev–Trinajstić information content (AvgIpc) is 2.35. The summed E-state index contributed by atoms with van der Waals surface area (Å²) in [5, 5.41) is 0. The standard InChI is InChI=1S/C11H24S6/c12-2-6-16-10-8-14-4-1-5-15-9-11-17-7-3-13/h12-13H,1-11H2. The van der Waals surface area contributed by atoms with Crippen molar-refractivity contribution in [3.05, 3.63) is 0 Å². The molecule has 0 aromatic carbocycles. The lowest BCUT2D eigenvalue weighted by atomic mass is 10.6. The maximum Gasteiger partial charge on any atom is 0.00238 e. The van der Waals surface area contributed by atoms with E-state index in [1.807, 2.05) is 23.5 Å². The minimum Gasteiger partial charge on any atom is -0.179 e. The van der Waals surface area contributed by atoms with Crippen molar-refractivity contribution in [1.29, 1.82) is 0 Å². The highest BCUT2D eigenvalue weighted by atomic mass is 32.2. The second-order valence-corrected chi connectivity index (χ2v) is 9.04. The number of thiol groups is 2. The molecule has 0 nitrogen and oxygen atoms in total. The second-order valence-electron chi connectivity index (χ2n) is 3.25. The molecule has 0 radical (unpaired) electrons. The lowest BCUT2D eigenvalue weighted by Crippen LogP contribution is -1.93. The Morgan fingerprint density at radius 2 is 0.824 bits per heavy atom. The maximum absolute atomic E-state index is 4.20. The number of hydrogen-bond acceptors (Lipinski definition) is 6. The third-order valence-electron chi connectivity index (χ3n) is 1.79. The van der Waals surface area contributed by atoms with Gasteiger partial charge in [-0.05, 0) is 29.4 Å². The summed E-state index contributed by atoms with van der Waals surface area (Å²) in [7, 11) is 0. The molecule has 0 spiro atoms. The van der Waals surface area contributed by atoms with Crippen LogP contribution in [0.2, 0.25) is 0 Å². The Morgan fingerprint density at radius 3 is 1.18 bits per heavy atom. The smallest absolute Gasteiger partial charge is 0.00238 e. The predicted molar refractivity (Wildman–Crippen MR) is 102 cm³/mol. The van der Waals surface area contributed by atoms with Gasteiger partial charge >= 0.3 is 0 Å². The molecule has 0 aliphatic carbocycles. The Bertz CT molecular complexity index is 119. The average molecular weight is 349 g/mol. The molecule has 0 N–H and O–H groups in total. The first-order chi connectivity index (χ1) is 8.41. The molecule has 0 atom stereocenters. The molecule has 0 heterocycles. The van der Waals surface area contributed by atoms with Crippen LogP contribution in [0.1, 0.15) is 6.42 Å². The van der Waals surface area contributed by atoms with E-state index in [1.54, 1.807) is 0 Å². The summed E-state index contributed by atoms with van der Waals surface area (Å²) in [5.41, 5.74) is 0. The van der Waals surface area contributed by atoms with Gasteiger partial charge in [-0.2, -0.15) is 72.3 Å². The van der Waals surface area contributed by atoms with Gasteiger partial charge in [-0.15, -0.1) is 0 Å². The summed E-state index contributed by atoms with van der Waals surface area (Å²) in [5.74, 6) is 12.3. The normalized spacial score (nSPS) is 10.9. The van der Waals surface area contributed by atoms with E-state index in [2.05, 4.69) is 48.8 Å². The van der Waals surface area contributed by atoms with Crippen molar-refractivity contribution in [1.82, 2.24) is 0 Å². The van der Waals surface area contributed by atoms with E-state index in [-0.39, 0.29) is 0 Å². The van der Waals surface area contributed by atoms with E-state index < -0.39 is 0 Å². The molecule has 0 saturated heterocycles. The minimum atomic E-state index is 1.01. The van der Waals surface area contributed by atoms with Crippen LogP contribution in [0.15, 0.2) is 0 Å². The Kier molecular flexibility index (Phi) is 20.3. The topological polar surface area (TPSA) is 0 Å². The molecular weight excluding hydrogens is 325 g/mol. The zero-order valence-corrected chi connectivity index (χ0v) is 15.4. The molecule has 0 bridgehead atoms. The summed E-state index contributed by atoms with van der Waals surface area (Å²) in [6.45, 7) is 0. The van der Waals surface area contributed by atoms with Crippen molar-refractivity contribution in [3.8, 4) is 0 Å². The molecular formula is C11H24S6. The first kappa shape index (κ1) is 19.1. The fourth-order valence-corrected chi connectivity index (χ4v) is 5.65. The van der Waals surface area contributed by atoms with Crippen molar-refractivity contribution in [2.75, 3.05) is 57.5 Å². The van der Waals surface area contributed by atoms with Crippen molar-refractivity contribution in [2.24, 2.45) is 0 Å². The molecule has 0 unspecified atom stereocenters. The van der Waals surface area contributed by atoms with Gasteiger partial charge in [0.25, 0.3) is 0 Å². The molecule has 104 valence electrons. The van der Waals surface area contributed by atoms with E-state index in [4.69, 9.17) is 0 Å². The maximum atomic E-state index is 4.20. The quantitative estimate of drug-likeness (QED) is 0.357. The van der Waals surface area contributed by atoms with E-state index in [0.29, 0.717) is 0 Å². The zero-order chi connectivity index (χ0) is 12.6. The van der Waals surface area contributed by atoms with Crippen LogP contribution in [0.4, 0.5) is 0 Å². The number of thioether (sulfide) groups is 4. The highest BCUT2D eigenvalue weighted by molar-refractivity contribution is 8.03. The molecule has 0 aromatic rings. The van der Waals surface area contributed by atoms with Crippen LogP contribution in [0.3, 0.4) is 0 Å². The largest absolute Gasteiger partial charge is 0.179 e. The monoisotopic (exact) mass is 348 g/mol. The molecule has 0 saturated carbocycles. The lowest BCUT2D eigenvalue weighted by Gasteiger charge is -2.02. The third-order valence-corrected chi connectivity index (χ3v) is 7.47. The van der Waals surface area contributed by atoms with E-state index in [1.165, 1.54) is 52.4 Å². The van der Waals surface area contributed by atoms with Crippen LogP contribution in [0.25, 0.3) is 0 Å². The van der Waals surface area contributed by atoms with Crippen molar-refractivity contribution < 1.29 is 0 Å². The van der Waals surface area contributed by atoms with E-state index in [9.17, 15) is 0 Å². The van der Waals surface area contributed by atoms with Gasteiger partial charge in [0, 0.05) is 34.5 Å². The molecule has 6 heteroatoms. The van der Waals surface area contributed by atoms with Gasteiger partial charge < -0.3 is 0 Å². The van der Waals surface area contributed by atoms with Crippen molar-refractivity contribution in [3.63, 3.8) is 0 Å². The van der Waals surface area contributed by atoms with Crippen LogP contribution in [0.5, 0.6) is 0 Å². The molecule has 17 heavy (non-hydrogen) atoms. The van der Waals surface area contributed by atoms with Gasteiger partial charge in [-0.3, -0.25) is 0 Å². The molecule has 0 rings (SSSR count). The highest BCUT2D eigenvalue weighted by Gasteiger charge is 1.93. The number of rotatable bonds is 14.